The average Bonchev–Trinajstić information content (AvgIpc) is 3.38. The van der Waals surface area contributed by atoms with Crippen molar-refractivity contribution in [2.45, 2.75) is 13.1 Å². The maximum absolute atomic E-state index is 13.5. The molecule has 0 aliphatic carbocycles. The third-order valence-electron chi connectivity index (χ3n) is 4.72. The van der Waals surface area contributed by atoms with Crippen LogP contribution >= 0.6 is 0 Å². The summed E-state index contributed by atoms with van der Waals surface area (Å²) in [6.07, 6.45) is 5.00. The molecule has 156 valence electrons. The van der Waals surface area contributed by atoms with Gasteiger partial charge < -0.3 is 18.8 Å². The van der Waals surface area contributed by atoms with Crippen LogP contribution in [0.3, 0.4) is 0 Å². The molecule has 0 saturated carbocycles. The minimum atomic E-state index is -0.506. The maximum atomic E-state index is 13.5. The summed E-state index contributed by atoms with van der Waals surface area (Å²) in [5.74, 6) is -0.545. The molecule has 2 heterocycles. The van der Waals surface area contributed by atoms with Crippen LogP contribution < -0.4 is 0 Å². The zero-order chi connectivity index (χ0) is 21.5. The van der Waals surface area contributed by atoms with Gasteiger partial charge in [0, 0.05) is 31.0 Å². The molecule has 0 saturated heterocycles. The molecule has 2 aromatic heterocycles. The molecule has 0 radical (unpaired) electrons. The Balaban J connectivity index is 1.79. The van der Waals surface area contributed by atoms with E-state index >= 15 is 0 Å². The first-order valence-corrected chi connectivity index (χ1v) is 9.54. The molecule has 2 amide bonds. The number of hydrogen-bond donors (Lipinski definition) is 0. The monoisotopic (exact) mass is 409 g/mol. The number of amides is 2. The van der Waals surface area contributed by atoms with Gasteiger partial charge in [-0.2, -0.15) is 0 Å². The molecule has 0 unspecified atom stereocenters. The van der Waals surface area contributed by atoms with Gasteiger partial charge in [0.1, 0.15) is 18.1 Å². The standard InChI is InChI=1S/C23H24FN3O3/c1-3-11-26(23(29)18-7-4-8-19(24)14-18)17-22(28)27(16-21-10-6-13-30-21)15-20-9-5-12-25(20)2/h3-10,12-14H,1,11,15-17H2,2H3. The second kappa shape index (κ2) is 9.73. The summed E-state index contributed by atoms with van der Waals surface area (Å²) >= 11 is 0. The summed E-state index contributed by atoms with van der Waals surface area (Å²) in [4.78, 5) is 29.0. The molecular formula is C23H24FN3O3. The molecular weight excluding hydrogens is 385 g/mol. The van der Waals surface area contributed by atoms with Crippen LogP contribution in [0.25, 0.3) is 0 Å². The number of carbonyl (C=O) groups is 2. The molecule has 0 fully saturated rings. The first-order chi connectivity index (χ1) is 14.5. The molecule has 0 N–H and O–H groups in total. The van der Waals surface area contributed by atoms with Gasteiger partial charge in [-0.05, 0) is 42.5 Å². The largest absolute Gasteiger partial charge is 0.467 e. The van der Waals surface area contributed by atoms with E-state index in [1.165, 1.54) is 23.1 Å². The zero-order valence-electron chi connectivity index (χ0n) is 16.8. The van der Waals surface area contributed by atoms with Gasteiger partial charge in [-0.1, -0.05) is 12.1 Å². The molecule has 3 rings (SSSR count). The highest BCUT2D eigenvalue weighted by Crippen LogP contribution is 2.13. The van der Waals surface area contributed by atoms with Crippen molar-refractivity contribution in [3.8, 4) is 0 Å². The van der Waals surface area contributed by atoms with Crippen molar-refractivity contribution in [2.75, 3.05) is 13.1 Å². The van der Waals surface area contributed by atoms with Gasteiger partial charge in [0.2, 0.25) is 5.91 Å². The maximum Gasteiger partial charge on any atom is 0.254 e. The Bertz CT molecular complexity index is 1010. The minimum Gasteiger partial charge on any atom is -0.467 e. The van der Waals surface area contributed by atoms with Crippen LogP contribution in [0.4, 0.5) is 4.39 Å². The molecule has 1 aromatic carbocycles. The number of benzene rings is 1. The highest BCUT2D eigenvalue weighted by molar-refractivity contribution is 5.96. The van der Waals surface area contributed by atoms with Crippen LogP contribution in [0.1, 0.15) is 21.8 Å². The molecule has 0 aliphatic heterocycles. The SMILES string of the molecule is C=CCN(CC(=O)N(Cc1ccco1)Cc1cccn1C)C(=O)c1cccc(F)c1. The van der Waals surface area contributed by atoms with Crippen LogP contribution in [0.15, 0.2) is 78.1 Å². The minimum absolute atomic E-state index is 0.160. The second-order valence-corrected chi connectivity index (χ2v) is 6.92. The number of aryl methyl sites for hydroxylation is 1. The Morgan fingerprint density at radius 1 is 1.13 bits per heavy atom. The zero-order valence-corrected chi connectivity index (χ0v) is 16.8. The topological polar surface area (TPSA) is 58.7 Å². The normalized spacial score (nSPS) is 10.6. The van der Waals surface area contributed by atoms with E-state index in [1.54, 1.807) is 29.4 Å². The molecule has 0 atom stereocenters. The highest BCUT2D eigenvalue weighted by Gasteiger charge is 2.23. The van der Waals surface area contributed by atoms with Crippen molar-refractivity contribution in [3.05, 3.63) is 96.5 Å². The second-order valence-electron chi connectivity index (χ2n) is 6.92. The predicted molar refractivity (Wildman–Crippen MR) is 111 cm³/mol. The van der Waals surface area contributed by atoms with E-state index in [0.717, 1.165) is 11.8 Å². The average molecular weight is 409 g/mol. The molecule has 30 heavy (non-hydrogen) atoms. The lowest BCUT2D eigenvalue weighted by atomic mass is 10.2. The van der Waals surface area contributed by atoms with Crippen LogP contribution in [0.5, 0.6) is 0 Å². The molecule has 3 aromatic rings. The number of rotatable bonds is 9. The van der Waals surface area contributed by atoms with E-state index in [1.807, 2.05) is 29.9 Å². The van der Waals surface area contributed by atoms with Crippen molar-refractivity contribution >= 4 is 11.8 Å². The van der Waals surface area contributed by atoms with E-state index in [0.29, 0.717) is 12.3 Å². The van der Waals surface area contributed by atoms with Crippen LogP contribution in [0, 0.1) is 5.82 Å². The van der Waals surface area contributed by atoms with E-state index in [4.69, 9.17) is 4.42 Å². The Morgan fingerprint density at radius 2 is 1.97 bits per heavy atom. The quantitative estimate of drug-likeness (QED) is 0.507. The lowest BCUT2D eigenvalue weighted by Crippen LogP contribution is -2.42. The molecule has 0 bridgehead atoms. The summed E-state index contributed by atoms with van der Waals surface area (Å²) in [7, 11) is 1.91. The molecule has 0 aliphatic rings. The Labute approximate surface area is 174 Å². The van der Waals surface area contributed by atoms with Gasteiger partial charge in [-0.25, -0.2) is 4.39 Å². The number of halogens is 1. The number of aromatic nitrogens is 1. The fourth-order valence-corrected chi connectivity index (χ4v) is 3.12. The highest BCUT2D eigenvalue weighted by atomic mass is 19.1. The third kappa shape index (κ3) is 5.26. The smallest absolute Gasteiger partial charge is 0.254 e. The number of furan rings is 1. The first-order valence-electron chi connectivity index (χ1n) is 9.54. The van der Waals surface area contributed by atoms with Crippen LogP contribution in [-0.4, -0.2) is 39.3 Å². The lowest BCUT2D eigenvalue weighted by molar-refractivity contribution is -0.133. The predicted octanol–water partition coefficient (Wildman–Crippen LogP) is 3.61. The number of hydrogen-bond acceptors (Lipinski definition) is 3. The van der Waals surface area contributed by atoms with Crippen molar-refractivity contribution in [3.63, 3.8) is 0 Å². The summed E-state index contributed by atoms with van der Waals surface area (Å²) in [6.45, 7) is 4.31. The summed E-state index contributed by atoms with van der Waals surface area (Å²) < 4.78 is 20.9. The van der Waals surface area contributed by atoms with Crippen molar-refractivity contribution in [1.82, 2.24) is 14.4 Å². The van der Waals surface area contributed by atoms with Crippen LogP contribution in [0.2, 0.25) is 0 Å². The van der Waals surface area contributed by atoms with Gasteiger partial charge >= 0.3 is 0 Å². The Kier molecular flexibility index (Phi) is 6.85. The fourth-order valence-electron chi connectivity index (χ4n) is 3.12. The molecule has 7 heteroatoms. The van der Waals surface area contributed by atoms with E-state index in [9.17, 15) is 14.0 Å². The third-order valence-corrected chi connectivity index (χ3v) is 4.72. The Morgan fingerprint density at radius 3 is 2.60 bits per heavy atom. The molecule has 6 nitrogen and oxygen atoms in total. The van der Waals surface area contributed by atoms with E-state index in [2.05, 4.69) is 6.58 Å². The van der Waals surface area contributed by atoms with Crippen molar-refractivity contribution < 1.29 is 18.4 Å². The van der Waals surface area contributed by atoms with Gasteiger partial charge in [0.05, 0.1) is 19.4 Å². The van der Waals surface area contributed by atoms with E-state index < -0.39 is 11.7 Å². The van der Waals surface area contributed by atoms with Crippen molar-refractivity contribution in [1.29, 1.82) is 0 Å². The Hall–Kier alpha value is -3.61. The lowest BCUT2D eigenvalue weighted by Gasteiger charge is -2.27. The summed E-state index contributed by atoms with van der Waals surface area (Å²) in [6, 6.07) is 12.8. The van der Waals surface area contributed by atoms with Gasteiger partial charge in [0.25, 0.3) is 5.91 Å². The fraction of sp³-hybridized carbons (Fsp3) is 0.217. The number of nitrogens with zero attached hydrogens (tertiary/aromatic N) is 3. The van der Waals surface area contributed by atoms with E-state index in [-0.39, 0.29) is 31.1 Å². The van der Waals surface area contributed by atoms with Gasteiger partial charge in [-0.15, -0.1) is 6.58 Å². The van der Waals surface area contributed by atoms with Crippen LogP contribution in [-0.2, 0) is 24.9 Å². The van der Waals surface area contributed by atoms with Crippen molar-refractivity contribution in [2.24, 2.45) is 7.05 Å². The number of carbonyl (C=O) groups excluding carboxylic acids is 2. The first kappa shape index (κ1) is 21.1. The van der Waals surface area contributed by atoms with Gasteiger partial charge in [0.15, 0.2) is 0 Å². The summed E-state index contributed by atoms with van der Waals surface area (Å²) in [5.41, 5.74) is 1.13. The molecule has 0 spiro atoms. The summed E-state index contributed by atoms with van der Waals surface area (Å²) in [5, 5.41) is 0. The van der Waals surface area contributed by atoms with Gasteiger partial charge in [-0.3, -0.25) is 9.59 Å².